The van der Waals surface area contributed by atoms with Crippen LogP contribution < -0.4 is 4.74 Å². The lowest BCUT2D eigenvalue weighted by molar-refractivity contribution is 0.101. The quantitative estimate of drug-likeness (QED) is 0.798. The lowest BCUT2D eigenvalue weighted by Crippen LogP contribution is -1.98. The lowest BCUT2D eigenvalue weighted by atomic mass is 10.0. The number of ether oxygens (including phenoxy) is 1. The minimum absolute atomic E-state index is 0.0424. The molecule has 0 aliphatic rings. The molecule has 0 fully saturated rings. The first kappa shape index (κ1) is 12.5. The van der Waals surface area contributed by atoms with Crippen molar-refractivity contribution in [1.29, 1.82) is 0 Å². The number of aromatic nitrogens is 2. The van der Waals surface area contributed by atoms with Crippen LogP contribution in [0.25, 0.3) is 11.3 Å². The van der Waals surface area contributed by atoms with Gasteiger partial charge in [0.25, 0.3) is 0 Å². The zero-order valence-corrected chi connectivity index (χ0v) is 10.7. The normalized spacial score (nSPS) is 10.2. The highest BCUT2D eigenvalue weighted by atomic mass is 35.5. The Kier molecular flexibility index (Phi) is 3.58. The molecule has 0 saturated carbocycles. The molecule has 0 unspecified atom stereocenters. The van der Waals surface area contributed by atoms with Gasteiger partial charge in [0.2, 0.25) is 5.88 Å². The van der Waals surface area contributed by atoms with Crippen LogP contribution in [0.2, 0.25) is 5.02 Å². The van der Waals surface area contributed by atoms with Crippen molar-refractivity contribution >= 4 is 17.4 Å². The van der Waals surface area contributed by atoms with E-state index in [2.05, 4.69) is 9.97 Å². The van der Waals surface area contributed by atoms with Crippen LogP contribution in [0.5, 0.6) is 5.88 Å². The third kappa shape index (κ3) is 2.49. The van der Waals surface area contributed by atoms with Gasteiger partial charge in [0.1, 0.15) is 6.33 Å². The Labute approximate surface area is 110 Å². The van der Waals surface area contributed by atoms with E-state index >= 15 is 0 Å². The largest absolute Gasteiger partial charge is 0.481 e. The molecule has 1 heterocycles. The number of hydrogen-bond acceptors (Lipinski definition) is 4. The Morgan fingerprint density at radius 2 is 2.06 bits per heavy atom. The summed E-state index contributed by atoms with van der Waals surface area (Å²) in [5.74, 6) is 0.397. The predicted molar refractivity (Wildman–Crippen MR) is 69.0 cm³/mol. The molecule has 0 N–H and O–H groups in total. The van der Waals surface area contributed by atoms with Crippen LogP contribution >= 0.6 is 11.6 Å². The van der Waals surface area contributed by atoms with Gasteiger partial charge in [-0.05, 0) is 25.1 Å². The number of carbonyl (C=O) groups excluding carboxylic acids is 1. The van der Waals surface area contributed by atoms with Gasteiger partial charge in [-0.1, -0.05) is 11.6 Å². The number of carbonyl (C=O) groups is 1. The van der Waals surface area contributed by atoms with E-state index in [9.17, 15) is 4.79 Å². The van der Waals surface area contributed by atoms with Gasteiger partial charge in [-0.15, -0.1) is 0 Å². The SMILES string of the molecule is COc1cc(-c2cc(Cl)ccc2C(C)=O)ncn1. The average molecular weight is 263 g/mol. The van der Waals surface area contributed by atoms with E-state index in [1.54, 1.807) is 24.3 Å². The molecule has 2 aromatic rings. The molecule has 0 amide bonds. The second-order valence-corrected chi connectivity index (χ2v) is 4.13. The second-order valence-electron chi connectivity index (χ2n) is 3.69. The number of Topliss-reactive ketones (excluding diaryl/α,β-unsaturated/α-hetero) is 1. The first-order valence-corrected chi connectivity index (χ1v) is 5.66. The summed E-state index contributed by atoms with van der Waals surface area (Å²) in [6.07, 6.45) is 1.39. The summed E-state index contributed by atoms with van der Waals surface area (Å²) in [5.41, 5.74) is 1.85. The van der Waals surface area contributed by atoms with Gasteiger partial charge in [0.05, 0.1) is 12.8 Å². The van der Waals surface area contributed by atoms with Crippen molar-refractivity contribution in [3.8, 4) is 17.1 Å². The van der Waals surface area contributed by atoms with Gasteiger partial charge >= 0.3 is 0 Å². The third-order valence-electron chi connectivity index (χ3n) is 2.49. The molecular formula is C13H11ClN2O2. The fraction of sp³-hybridized carbons (Fsp3) is 0.154. The van der Waals surface area contributed by atoms with Gasteiger partial charge < -0.3 is 4.74 Å². The summed E-state index contributed by atoms with van der Waals surface area (Å²) in [7, 11) is 1.52. The van der Waals surface area contributed by atoms with Gasteiger partial charge in [0, 0.05) is 22.2 Å². The maximum absolute atomic E-state index is 11.6. The van der Waals surface area contributed by atoms with E-state index in [-0.39, 0.29) is 5.78 Å². The smallest absolute Gasteiger partial charge is 0.216 e. The topological polar surface area (TPSA) is 52.1 Å². The van der Waals surface area contributed by atoms with Crippen molar-refractivity contribution < 1.29 is 9.53 Å². The fourth-order valence-electron chi connectivity index (χ4n) is 1.63. The minimum atomic E-state index is -0.0424. The molecule has 1 aromatic heterocycles. The van der Waals surface area contributed by atoms with Crippen molar-refractivity contribution in [1.82, 2.24) is 9.97 Å². The Morgan fingerprint density at radius 1 is 1.28 bits per heavy atom. The molecule has 5 heteroatoms. The Morgan fingerprint density at radius 3 is 2.72 bits per heavy atom. The Hall–Kier alpha value is -1.94. The molecule has 0 atom stereocenters. The molecule has 0 radical (unpaired) electrons. The van der Waals surface area contributed by atoms with E-state index < -0.39 is 0 Å². The van der Waals surface area contributed by atoms with Crippen LogP contribution in [-0.4, -0.2) is 22.9 Å². The van der Waals surface area contributed by atoms with Crippen molar-refractivity contribution in [3.63, 3.8) is 0 Å². The second kappa shape index (κ2) is 5.14. The molecule has 4 nitrogen and oxygen atoms in total. The van der Waals surface area contributed by atoms with Crippen molar-refractivity contribution in [2.45, 2.75) is 6.92 Å². The Bertz CT molecular complexity index is 599. The highest BCUT2D eigenvalue weighted by molar-refractivity contribution is 6.31. The number of benzene rings is 1. The fourth-order valence-corrected chi connectivity index (χ4v) is 1.81. The van der Waals surface area contributed by atoms with Crippen LogP contribution in [-0.2, 0) is 0 Å². The van der Waals surface area contributed by atoms with Crippen molar-refractivity contribution in [2.24, 2.45) is 0 Å². The lowest BCUT2D eigenvalue weighted by Gasteiger charge is -2.07. The van der Waals surface area contributed by atoms with Crippen LogP contribution in [0.15, 0.2) is 30.6 Å². The summed E-state index contributed by atoms with van der Waals surface area (Å²) in [4.78, 5) is 19.7. The van der Waals surface area contributed by atoms with Crippen LogP contribution in [0, 0.1) is 0 Å². The predicted octanol–water partition coefficient (Wildman–Crippen LogP) is 3.01. The molecule has 92 valence electrons. The van der Waals surface area contributed by atoms with E-state index in [1.807, 2.05) is 0 Å². The number of ketones is 1. The van der Waals surface area contributed by atoms with Gasteiger partial charge in [0.15, 0.2) is 5.78 Å². The number of halogens is 1. The van der Waals surface area contributed by atoms with Crippen molar-refractivity contribution in [3.05, 3.63) is 41.2 Å². The summed E-state index contributed by atoms with van der Waals surface area (Å²) < 4.78 is 5.04. The number of hydrogen-bond donors (Lipinski definition) is 0. The summed E-state index contributed by atoms with van der Waals surface area (Å²) in [5, 5.41) is 0.549. The average Bonchev–Trinajstić information content (AvgIpc) is 2.38. The van der Waals surface area contributed by atoms with E-state index in [0.29, 0.717) is 27.7 Å². The van der Waals surface area contributed by atoms with Gasteiger partial charge in [-0.3, -0.25) is 4.79 Å². The molecule has 1 aromatic carbocycles. The van der Waals surface area contributed by atoms with Gasteiger partial charge in [-0.25, -0.2) is 9.97 Å². The first-order chi connectivity index (χ1) is 8.61. The zero-order chi connectivity index (χ0) is 13.1. The van der Waals surface area contributed by atoms with Crippen LogP contribution in [0.4, 0.5) is 0 Å². The molecule has 0 aliphatic heterocycles. The molecule has 18 heavy (non-hydrogen) atoms. The highest BCUT2D eigenvalue weighted by Crippen LogP contribution is 2.27. The molecular weight excluding hydrogens is 252 g/mol. The summed E-state index contributed by atoms with van der Waals surface area (Å²) in [6, 6.07) is 6.74. The maximum atomic E-state index is 11.6. The van der Waals surface area contributed by atoms with E-state index in [0.717, 1.165) is 0 Å². The minimum Gasteiger partial charge on any atom is -0.481 e. The first-order valence-electron chi connectivity index (χ1n) is 5.28. The van der Waals surface area contributed by atoms with Gasteiger partial charge in [-0.2, -0.15) is 0 Å². The number of nitrogens with zero attached hydrogens (tertiary/aromatic N) is 2. The molecule has 0 aliphatic carbocycles. The molecule has 0 spiro atoms. The third-order valence-corrected chi connectivity index (χ3v) is 2.72. The van der Waals surface area contributed by atoms with E-state index in [1.165, 1.54) is 20.4 Å². The maximum Gasteiger partial charge on any atom is 0.216 e. The standard InChI is InChI=1S/C13H11ClN2O2/c1-8(17)10-4-3-9(14)5-11(10)12-6-13(18-2)16-7-15-12/h3-7H,1-2H3. The van der Waals surface area contributed by atoms with Crippen molar-refractivity contribution in [2.75, 3.05) is 7.11 Å². The summed E-state index contributed by atoms with van der Waals surface area (Å²) >= 11 is 5.96. The molecule has 0 saturated heterocycles. The summed E-state index contributed by atoms with van der Waals surface area (Å²) in [6.45, 7) is 1.51. The van der Waals surface area contributed by atoms with Crippen LogP contribution in [0.1, 0.15) is 17.3 Å². The number of rotatable bonds is 3. The molecule has 0 bridgehead atoms. The Balaban J connectivity index is 2.61. The highest BCUT2D eigenvalue weighted by Gasteiger charge is 2.12. The van der Waals surface area contributed by atoms with E-state index in [4.69, 9.17) is 16.3 Å². The van der Waals surface area contributed by atoms with Crippen LogP contribution in [0.3, 0.4) is 0 Å². The zero-order valence-electron chi connectivity index (χ0n) is 9.98. The molecule has 2 rings (SSSR count). The monoisotopic (exact) mass is 262 g/mol. The number of methoxy groups -OCH3 is 1.